The van der Waals surface area contributed by atoms with Gasteiger partial charge in [0.2, 0.25) is 0 Å². The Hall–Kier alpha value is -2.40. The molecule has 1 N–H and O–H groups in total. The molecule has 2 aliphatic heterocycles. The number of halogens is 1. The van der Waals surface area contributed by atoms with Crippen molar-refractivity contribution >= 4 is 51.8 Å². The number of ketones is 1. The minimum Gasteiger partial charge on any atom is -0.481 e. The van der Waals surface area contributed by atoms with Crippen LogP contribution in [0.3, 0.4) is 0 Å². The Kier molecular flexibility index (Phi) is 7.63. The maximum absolute atomic E-state index is 13.1. The summed E-state index contributed by atoms with van der Waals surface area (Å²) in [4.78, 5) is 44.7. The number of piperidine rings is 1. The highest BCUT2D eigenvalue weighted by Gasteiger charge is 2.33. The second-order valence-electron chi connectivity index (χ2n) is 10.3. The van der Waals surface area contributed by atoms with E-state index in [0.717, 1.165) is 33.5 Å². The monoisotopic (exact) mass is 559 g/mol. The first kappa shape index (κ1) is 26.2. The SMILES string of the molecule is CC1(C)CCCN1Cc1sc(CC(=O)c2cnc(N3CCC(C(=O)O)CC3)cn2)nc1-c1cc(Cl)cs1. The highest BCUT2D eigenvalue weighted by atomic mass is 35.5. The van der Waals surface area contributed by atoms with Gasteiger partial charge in [-0.1, -0.05) is 11.6 Å². The number of aliphatic carboxylic acids is 1. The third-order valence-corrected chi connectivity index (χ3v) is 9.68. The van der Waals surface area contributed by atoms with Crippen molar-refractivity contribution in [2.24, 2.45) is 5.92 Å². The van der Waals surface area contributed by atoms with E-state index in [-0.39, 0.29) is 23.7 Å². The topological polar surface area (TPSA) is 99.5 Å². The van der Waals surface area contributed by atoms with Crippen LogP contribution in [0.1, 0.15) is 59.9 Å². The van der Waals surface area contributed by atoms with Gasteiger partial charge in [-0.2, -0.15) is 0 Å². The number of nitrogens with zero attached hydrogens (tertiary/aromatic N) is 5. The lowest BCUT2D eigenvalue weighted by molar-refractivity contribution is -0.142. The van der Waals surface area contributed by atoms with Crippen LogP contribution in [-0.2, 0) is 17.8 Å². The third-order valence-electron chi connectivity index (χ3n) is 7.35. The van der Waals surface area contributed by atoms with Gasteiger partial charge in [0.15, 0.2) is 5.78 Å². The van der Waals surface area contributed by atoms with Crippen molar-refractivity contribution in [3.05, 3.63) is 44.4 Å². The maximum Gasteiger partial charge on any atom is 0.306 e. The van der Waals surface area contributed by atoms with Crippen molar-refractivity contribution < 1.29 is 14.7 Å². The Labute approximate surface area is 229 Å². The lowest BCUT2D eigenvalue weighted by Crippen LogP contribution is -2.37. The Balaban J connectivity index is 1.30. The second kappa shape index (κ2) is 10.8. The van der Waals surface area contributed by atoms with Gasteiger partial charge in [0.05, 0.1) is 40.3 Å². The number of hydrogen-bond donors (Lipinski definition) is 1. The summed E-state index contributed by atoms with van der Waals surface area (Å²) in [5, 5.41) is 12.6. The Morgan fingerprint density at radius 1 is 1.19 bits per heavy atom. The van der Waals surface area contributed by atoms with Crippen molar-refractivity contribution in [3.63, 3.8) is 0 Å². The van der Waals surface area contributed by atoms with E-state index >= 15 is 0 Å². The van der Waals surface area contributed by atoms with Gasteiger partial charge in [-0.05, 0) is 52.1 Å². The fourth-order valence-corrected chi connectivity index (χ4v) is 7.31. The predicted octanol–water partition coefficient (Wildman–Crippen LogP) is 5.42. The zero-order valence-corrected chi connectivity index (χ0v) is 23.3. The van der Waals surface area contributed by atoms with Gasteiger partial charge in [-0.15, -0.1) is 22.7 Å². The number of carboxylic acid groups (broad SMARTS) is 1. The lowest BCUT2D eigenvalue weighted by atomic mass is 9.97. The first-order chi connectivity index (χ1) is 17.7. The summed E-state index contributed by atoms with van der Waals surface area (Å²) in [6.07, 6.45) is 6.80. The Bertz CT molecular complexity index is 1280. The van der Waals surface area contributed by atoms with Crippen LogP contribution in [0.25, 0.3) is 10.6 Å². The molecular formula is C26H30ClN5O3S2. The number of thiazole rings is 1. The van der Waals surface area contributed by atoms with Gasteiger partial charge in [0.1, 0.15) is 16.5 Å². The van der Waals surface area contributed by atoms with Crippen LogP contribution in [0.2, 0.25) is 5.02 Å². The summed E-state index contributed by atoms with van der Waals surface area (Å²) in [6.45, 7) is 7.65. The van der Waals surface area contributed by atoms with E-state index in [9.17, 15) is 14.7 Å². The quantitative estimate of drug-likeness (QED) is 0.365. The number of hydrogen-bond acceptors (Lipinski definition) is 9. The van der Waals surface area contributed by atoms with E-state index in [1.54, 1.807) is 28.9 Å². The zero-order chi connectivity index (χ0) is 26.2. The molecule has 0 unspecified atom stereocenters. The van der Waals surface area contributed by atoms with E-state index in [0.29, 0.717) is 42.5 Å². The Morgan fingerprint density at radius 2 is 1.97 bits per heavy atom. The van der Waals surface area contributed by atoms with Crippen molar-refractivity contribution in [2.75, 3.05) is 24.5 Å². The fraction of sp³-hybridized carbons (Fsp3) is 0.500. The lowest BCUT2D eigenvalue weighted by Gasteiger charge is -2.31. The Morgan fingerprint density at radius 3 is 2.57 bits per heavy atom. The minimum atomic E-state index is -0.744. The van der Waals surface area contributed by atoms with Gasteiger partial charge in [-0.3, -0.25) is 14.5 Å². The highest BCUT2D eigenvalue weighted by Crippen LogP contribution is 2.38. The molecule has 0 saturated carbocycles. The summed E-state index contributed by atoms with van der Waals surface area (Å²) in [6, 6.07) is 1.94. The molecule has 0 radical (unpaired) electrons. The number of carboxylic acids is 1. The number of likely N-dealkylation sites (tertiary alicyclic amines) is 1. The summed E-state index contributed by atoms with van der Waals surface area (Å²) in [5.74, 6) is -0.505. The fourth-order valence-electron chi connectivity index (χ4n) is 5.05. The first-order valence-corrected chi connectivity index (χ1v) is 14.6. The molecule has 5 rings (SSSR count). The highest BCUT2D eigenvalue weighted by molar-refractivity contribution is 7.15. The van der Waals surface area contributed by atoms with Crippen LogP contribution in [-0.4, -0.2) is 61.9 Å². The molecule has 2 fully saturated rings. The van der Waals surface area contributed by atoms with Gasteiger partial charge >= 0.3 is 5.97 Å². The average Bonchev–Trinajstić information content (AvgIpc) is 3.57. The molecule has 5 heterocycles. The molecule has 3 aromatic rings. The average molecular weight is 560 g/mol. The maximum atomic E-state index is 13.1. The molecule has 3 aromatic heterocycles. The number of carbonyl (C=O) groups is 2. The van der Waals surface area contributed by atoms with E-state index in [1.807, 2.05) is 16.3 Å². The summed E-state index contributed by atoms with van der Waals surface area (Å²) >= 11 is 9.37. The molecule has 0 bridgehead atoms. The molecule has 0 spiro atoms. The second-order valence-corrected chi connectivity index (χ2v) is 12.8. The molecule has 37 heavy (non-hydrogen) atoms. The van der Waals surface area contributed by atoms with Gasteiger partial charge in [0, 0.05) is 35.4 Å². The number of anilines is 1. The van der Waals surface area contributed by atoms with Crippen LogP contribution < -0.4 is 4.90 Å². The number of aromatic nitrogens is 3. The molecule has 11 heteroatoms. The molecule has 2 saturated heterocycles. The number of rotatable bonds is 8. The molecule has 0 aromatic carbocycles. The van der Waals surface area contributed by atoms with E-state index in [2.05, 4.69) is 28.7 Å². The van der Waals surface area contributed by atoms with Crippen LogP contribution in [0, 0.1) is 5.92 Å². The summed E-state index contributed by atoms with van der Waals surface area (Å²) in [5.41, 5.74) is 1.37. The van der Waals surface area contributed by atoms with Crippen molar-refractivity contribution in [1.29, 1.82) is 0 Å². The van der Waals surface area contributed by atoms with Crippen LogP contribution in [0.15, 0.2) is 23.8 Å². The van der Waals surface area contributed by atoms with Crippen LogP contribution in [0.5, 0.6) is 0 Å². The summed E-state index contributed by atoms with van der Waals surface area (Å²) < 4.78 is 0. The first-order valence-electron chi connectivity index (χ1n) is 12.5. The van der Waals surface area contributed by atoms with Gasteiger partial charge < -0.3 is 10.0 Å². The molecule has 196 valence electrons. The molecule has 8 nitrogen and oxygen atoms in total. The van der Waals surface area contributed by atoms with Crippen molar-refractivity contribution in [2.45, 2.75) is 58.0 Å². The van der Waals surface area contributed by atoms with E-state index in [4.69, 9.17) is 16.6 Å². The molecule has 0 atom stereocenters. The van der Waals surface area contributed by atoms with Crippen molar-refractivity contribution in [1.82, 2.24) is 19.9 Å². The normalized spacial score (nSPS) is 18.4. The zero-order valence-electron chi connectivity index (χ0n) is 20.9. The van der Waals surface area contributed by atoms with Crippen LogP contribution >= 0.6 is 34.3 Å². The standard InChI is InChI=1S/C26H30ClN5O3S2/c1-26(2)6-3-7-32(26)14-21-24(20-10-17(27)15-36-20)30-23(37-21)11-19(33)18-12-29-22(13-28-18)31-8-4-16(5-9-31)25(34)35/h10,12-13,15-16H,3-9,11,14H2,1-2H3,(H,34,35). The molecule has 2 aliphatic rings. The molecule has 0 amide bonds. The van der Waals surface area contributed by atoms with E-state index in [1.165, 1.54) is 19.0 Å². The summed E-state index contributed by atoms with van der Waals surface area (Å²) in [7, 11) is 0. The predicted molar refractivity (Wildman–Crippen MR) is 147 cm³/mol. The van der Waals surface area contributed by atoms with E-state index < -0.39 is 5.97 Å². The molecular weight excluding hydrogens is 530 g/mol. The van der Waals surface area contributed by atoms with Crippen molar-refractivity contribution in [3.8, 4) is 10.6 Å². The van der Waals surface area contributed by atoms with Gasteiger partial charge in [-0.25, -0.2) is 15.0 Å². The smallest absolute Gasteiger partial charge is 0.306 e. The number of Topliss-reactive ketones (excluding diaryl/α,β-unsaturated/α-hetero) is 1. The largest absolute Gasteiger partial charge is 0.481 e. The number of carbonyl (C=O) groups excluding carboxylic acids is 1. The minimum absolute atomic E-state index is 0.124. The van der Waals surface area contributed by atoms with Gasteiger partial charge in [0.25, 0.3) is 0 Å². The molecule has 0 aliphatic carbocycles. The number of thiophene rings is 1. The third kappa shape index (κ3) is 5.87. The van der Waals surface area contributed by atoms with Crippen LogP contribution in [0.4, 0.5) is 5.82 Å².